The minimum Gasteiger partial charge on any atom is -0.457 e. The van der Waals surface area contributed by atoms with E-state index in [2.05, 4.69) is 17.1 Å². The summed E-state index contributed by atoms with van der Waals surface area (Å²) in [5, 5.41) is 4.73. The summed E-state index contributed by atoms with van der Waals surface area (Å²) in [7, 11) is 0. The van der Waals surface area contributed by atoms with E-state index in [4.69, 9.17) is 4.74 Å². The predicted octanol–water partition coefficient (Wildman–Crippen LogP) is 5.86. The lowest BCUT2D eigenvalue weighted by atomic mass is 9.92. The maximum absolute atomic E-state index is 12.8. The van der Waals surface area contributed by atoms with Crippen LogP contribution in [0.2, 0.25) is 0 Å². The minimum atomic E-state index is -4.39. The summed E-state index contributed by atoms with van der Waals surface area (Å²) in [4.78, 5) is 15.3. The van der Waals surface area contributed by atoms with Gasteiger partial charge in [-0.25, -0.2) is 0 Å². The van der Waals surface area contributed by atoms with Gasteiger partial charge in [-0.15, -0.1) is 0 Å². The van der Waals surface area contributed by atoms with Gasteiger partial charge in [0.15, 0.2) is 0 Å². The van der Waals surface area contributed by atoms with E-state index in [9.17, 15) is 18.0 Å². The van der Waals surface area contributed by atoms with Crippen LogP contribution in [0.3, 0.4) is 0 Å². The molecule has 3 aromatic rings. The molecule has 1 aliphatic carbocycles. The number of nitrogens with zero attached hydrogens (tertiary/aromatic N) is 1. The first kappa shape index (κ1) is 21.8. The van der Waals surface area contributed by atoms with E-state index in [1.807, 2.05) is 18.2 Å². The Kier molecular flexibility index (Phi) is 5.52. The van der Waals surface area contributed by atoms with Crippen molar-refractivity contribution in [1.29, 1.82) is 0 Å². The molecule has 0 bridgehead atoms. The van der Waals surface area contributed by atoms with Crippen molar-refractivity contribution < 1.29 is 22.7 Å². The smallest absolute Gasteiger partial charge is 0.416 e. The standard InChI is InChI=1S/C26H25F3N2O2/c1-16(19-14-31(15-19)21-8-9-21)30-25(32)18-5-12-23-17(13-18)3-2-4-24(23)33-22-10-6-20(7-11-22)26(27,28)29/h2-7,10-13,16,19,21H,8-9,14-15H2,1H3,(H,30,32)/t16-/m0/s1. The van der Waals surface area contributed by atoms with Crippen LogP contribution in [0.5, 0.6) is 11.5 Å². The van der Waals surface area contributed by atoms with E-state index in [1.165, 1.54) is 25.0 Å². The van der Waals surface area contributed by atoms with Crippen molar-refractivity contribution in [2.75, 3.05) is 13.1 Å². The predicted molar refractivity (Wildman–Crippen MR) is 120 cm³/mol. The molecule has 0 spiro atoms. The van der Waals surface area contributed by atoms with Gasteiger partial charge in [-0.3, -0.25) is 9.69 Å². The van der Waals surface area contributed by atoms with Gasteiger partial charge in [-0.1, -0.05) is 12.1 Å². The van der Waals surface area contributed by atoms with Crippen molar-refractivity contribution in [3.63, 3.8) is 0 Å². The van der Waals surface area contributed by atoms with Crippen LogP contribution in [0, 0.1) is 5.92 Å². The highest BCUT2D eigenvalue weighted by atomic mass is 19.4. The third kappa shape index (κ3) is 4.69. The first-order valence-electron chi connectivity index (χ1n) is 11.2. The lowest BCUT2D eigenvalue weighted by Crippen LogP contribution is -2.56. The summed E-state index contributed by atoms with van der Waals surface area (Å²) in [6.07, 6.45) is -1.79. The Labute approximate surface area is 190 Å². The normalized spacial score (nSPS) is 18.1. The Balaban J connectivity index is 1.27. The molecule has 4 nitrogen and oxygen atoms in total. The average Bonchev–Trinajstić information content (AvgIpc) is 3.57. The summed E-state index contributed by atoms with van der Waals surface area (Å²) in [5.41, 5.74) is -0.154. The Bertz CT molecular complexity index is 1170. The Morgan fingerprint density at radius 1 is 1.06 bits per heavy atom. The molecule has 7 heteroatoms. The minimum absolute atomic E-state index is 0.108. The highest BCUT2D eigenvalue weighted by Crippen LogP contribution is 2.35. The van der Waals surface area contributed by atoms with Crippen molar-refractivity contribution in [3.05, 3.63) is 71.8 Å². The molecule has 33 heavy (non-hydrogen) atoms. The Morgan fingerprint density at radius 2 is 1.79 bits per heavy atom. The van der Waals surface area contributed by atoms with Gasteiger partial charge in [0.25, 0.3) is 5.91 Å². The molecule has 1 heterocycles. The lowest BCUT2D eigenvalue weighted by molar-refractivity contribution is -0.137. The van der Waals surface area contributed by atoms with Gasteiger partial charge < -0.3 is 10.1 Å². The van der Waals surface area contributed by atoms with Gasteiger partial charge in [0.05, 0.1) is 5.56 Å². The molecule has 0 aromatic heterocycles. The van der Waals surface area contributed by atoms with Gasteiger partial charge in [-0.2, -0.15) is 13.2 Å². The lowest BCUT2D eigenvalue weighted by Gasteiger charge is -2.42. The number of carbonyl (C=O) groups is 1. The second kappa shape index (κ2) is 8.37. The van der Waals surface area contributed by atoms with Crippen LogP contribution >= 0.6 is 0 Å². The molecule has 2 aliphatic rings. The number of fused-ring (bicyclic) bond motifs is 1. The number of amides is 1. The van der Waals surface area contributed by atoms with Crippen molar-refractivity contribution in [2.45, 2.75) is 38.0 Å². The number of alkyl halides is 3. The molecule has 1 aliphatic heterocycles. The van der Waals surface area contributed by atoms with Gasteiger partial charge in [0.2, 0.25) is 0 Å². The van der Waals surface area contributed by atoms with E-state index in [0.717, 1.165) is 42.0 Å². The molecule has 172 valence electrons. The van der Waals surface area contributed by atoms with E-state index in [1.54, 1.807) is 18.2 Å². The maximum Gasteiger partial charge on any atom is 0.416 e. The monoisotopic (exact) mass is 454 g/mol. The second-order valence-corrected chi connectivity index (χ2v) is 9.02. The largest absolute Gasteiger partial charge is 0.457 e. The van der Waals surface area contributed by atoms with Crippen molar-refractivity contribution in [3.8, 4) is 11.5 Å². The number of ether oxygens (including phenoxy) is 1. The van der Waals surface area contributed by atoms with Crippen LogP contribution in [0.1, 0.15) is 35.7 Å². The zero-order valence-electron chi connectivity index (χ0n) is 18.2. The molecular formula is C26H25F3N2O2. The number of hydrogen-bond acceptors (Lipinski definition) is 3. The molecule has 5 rings (SSSR count). The topological polar surface area (TPSA) is 41.6 Å². The molecule has 1 N–H and O–H groups in total. The number of halogens is 3. The van der Waals surface area contributed by atoms with Crippen molar-refractivity contribution >= 4 is 16.7 Å². The molecule has 1 saturated carbocycles. The van der Waals surface area contributed by atoms with E-state index in [-0.39, 0.29) is 11.9 Å². The molecule has 2 fully saturated rings. The van der Waals surface area contributed by atoms with Crippen LogP contribution in [0.4, 0.5) is 13.2 Å². The summed E-state index contributed by atoms with van der Waals surface area (Å²) >= 11 is 0. The molecular weight excluding hydrogens is 429 g/mol. The van der Waals surface area contributed by atoms with E-state index < -0.39 is 11.7 Å². The number of rotatable bonds is 6. The first-order chi connectivity index (χ1) is 15.8. The number of carbonyl (C=O) groups excluding carboxylic acids is 1. The van der Waals surface area contributed by atoms with Crippen molar-refractivity contribution in [1.82, 2.24) is 10.2 Å². The third-order valence-corrected chi connectivity index (χ3v) is 6.58. The first-order valence-corrected chi connectivity index (χ1v) is 11.2. The van der Waals surface area contributed by atoms with Gasteiger partial charge in [0.1, 0.15) is 11.5 Å². The van der Waals surface area contributed by atoms with Crippen LogP contribution in [0.15, 0.2) is 60.7 Å². The molecule has 3 aromatic carbocycles. The van der Waals surface area contributed by atoms with Gasteiger partial charge >= 0.3 is 6.18 Å². The fourth-order valence-electron chi connectivity index (χ4n) is 4.33. The summed E-state index contributed by atoms with van der Waals surface area (Å²) in [6.45, 7) is 4.16. The number of benzene rings is 3. The number of likely N-dealkylation sites (tertiary alicyclic amines) is 1. The summed E-state index contributed by atoms with van der Waals surface area (Å²) in [5.74, 6) is 1.20. The van der Waals surface area contributed by atoms with Crippen molar-refractivity contribution in [2.24, 2.45) is 5.92 Å². The summed E-state index contributed by atoms with van der Waals surface area (Å²) in [6, 6.07) is 16.3. The molecule has 0 unspecified atom stereocenters. The average molecular weight is 454 g/mol. The molecule has 0 radical (unpaired) electrons. The fourth-order valence-corrected chi connectivity index (χ4v) is 4.33. The van der Waals surface area contributed by atoms with Gasteiger partial charge in [-0.05, 0) is 73.7 Å². The number of nitrogens with one attached hydrogen (secondary N) is 1. The second-order valence-electron chi connectivity index (χ2n) is 9.02. The highest BCUT2D eigenvalue weighted by molar-refractivity contribution is 6.00. The zero-order chi connectivity index (χ0) is 23.2. The SMILES string of the molecule is C[C@H](NC(=O)c1ccc2c(Oc3ccc(C(F)(F)F)cc3)cccc2c1)C1CN(C2CC2)C1. The fraction of sp³-hybridized carbons (Fsp3) is 0.346. The third-order valence-electron chi connectivity index (χ3n) is 6.58. The van der Waals surface area contributed by atoms with Gasteiger partial charge in [0, 0.05) is 42.0 Å². The molecule has 1 atom stereocenters. The van der Waals surface area contributed by atoms with Crippen LogP contribution in [-0.2, 0) is 6.18 Å². The maximum atomic E-state index is 12.8. The highest BCUT2D eigenvalue weighted by Gasteiger charge is 2.40. The quantitative estimate of drug-likeness (QED) is 0.507. The number of hydrogen-bond donors (Lipinski definition) is 1. The van der Waals surface area contributed by atoms with E-state index in [0.29, 0.717) is 23.0 Å². The zero-order valence-corrected chi connectivity index (χ0v) is 18.2. The van der Waals surface area contributed by atoms with Crippen LogP contribution in [-0.4, -0.2) is 36.0 Å². The molecule has 1 saturated heterocycles. The van der Waals surface area contributed by atoms with Crippen LogP contribution in [0.25, 0.3) is 10.8 Å². The molecule has 1 amide bonds. The van der Waals surface area contributed by atoms with E-state index >= 15 is 0 Å². The Hall–Kier alpha value is -3.06. The van der Waals surface area contributed by atoms with Crippen LogP contribution < -0.4 is 10.1 Å². The Morgan fingerprint density at radius 3 is 2.45 bits per heavy atom. The summed E-state index contributed by atoms with van der Waals surface area (Å²) < 4.78 is 44.2.